The predicted molar refractivity (Wildman–Crippen MR) is 83.7 cm³/mol. The zero-order valence-corrected chi connectivity index (χ0v) is 12.8. The summed E-state index contributed by atoms with van der Waals surface area (Å²) < 4.78 is 0. The lowest BCUT2D eigenvalue weighted by atomic mass is 9.92. The minimum Gasteiger partial charge on any atom is -0.301 e. The van der Waals surface area contributed by atoms with Crippen LogP contribution in [-0.4, -0.2) is 48.6 Å². The molecular weight excluding hydrogens is 244 g/mol. The fraction of sp³-hybridized carbons (Fsp3) is 0.889. The second-order valence-electron chi connectivity index (χ2n) is 7.73. The Bertz CT molecular complexity index is 356. The van der Waals surface area contributed by atoms with E-state index >= 15 is 0 Å². The third kappa shape index (κ3) is 2.69. The fourth-order valence-electron chi connectivity index (χ4n) is 5.32. The molecule has 4 rings (SSSR count). The van der Waals surface area contributed by atoms with E-state index in [2.05, 4.69) is 22.0 Å². The van der Waals surface area contributed by atoms with Crippen LogP contribution in [-0.2, 0) is 0 Å². The Kier molecular flexibility index (Phi) is 3.87. The summed E-state index contributed by atoms with van der Waals surface area (Å²) in [5.74, 6) is 3.10. The molecule has 3 fully saturated rings. The molecule has 0 amide bonds. The summed E-state index contributed by atoms with van der Waals surface area (Å²) in [6.07, 6.45) is 15.0. The number of hydrogen-bond donors (Lipinski definition) is 0. The Balaban J connectivity index is 1.25. The topological polar surface area (TPSA) is 6.48 Å². The molecule has 4 aliphatic rings. The highest BCUT2D eigenvalue weighted by molar-refractivity contribution is 4.97. The first-order valence-corrected chi connectivity index (χ1v) is 9.00. The Morgan fingerprint density at radius 1 is 0.900 bits per heavy atom. The maximum Gasteiger partial charge on any atom is 0.0127 e. The van der Waals surface area contributed by atoms with Gasteiger partial charge in [-0.2, -0.15) is 0 Å². The molecule has 1 aliphatic heterocycles. The number of nitrogens with zero attached hydrogens (tertiary/aromatic N) is 2. The highest BCUT2D eigenvalue weighted by Crippen LogP contribution is 2.46. The molecule has 0 radical (unpaired) electrons. The highest BCUT2D eigenvalue weighted by Gasteiger charge is 2.42. The van der Waals surface area contributed by atoms with E-state index in [0.717, 1.165) is 23.8 Å². The van der Waals surface area contributed by atoms with E-state index in [-0.39, 0.29) is 0 Å². The van der Waals surface area contributed by atoms with Crippen molar-refractivity contribution in [2.45, 2.75) is 51.0 Å². The minimum atomic E-state index is 0.939. The van der Waals surface area contributed by atoms with Gasteiger partial charge in [-0.3, -0.25) is 4.90 Å². The molecule has 4 atom stereocenters. The molecule has 2 bridgehead atoms. The summed E-state index contributed by atoms with van der Waals surface area (Å²) in [6, 6.07) is 0.966. The lowest BCUT2D eigenvalue weighted by Gasteiger charge is -2.42. The molecule has 112 valence electrons. The molecular formula is C18H30N2. The minimum absolute atomic E-state index is 0.939. The van der Waals surface area contributed by atoms with Gasteiger partial charge in [-0.15, -0.1) is 0 Å². The van der Waals surface area contributed by atoms with E-state index in [0.29, 0.717) is 0 Å². The summed E-state index contributed by atoms with van der Waals surface area (Å²) >= 11 is 0. The van der Waals surface area contributed by atoms with Gasteiger partial charge in [0.15, 0.2) is 0 Å². The van der Waals surface area contributed by atoms with Gasteiger partial charge in [0.25, 0.3) is 0 Å². The molecule has 2 nitrogen and oxygen atoms in total. The second-order valence-corrected chi connectivity index (χ2v) is 7.73. The summed E-state index contributed by atoms with van der Waals surface area (Å²) in [7, 11) is 0. The van der Waals surface area contributed by atoms with E-state index in [1.54, 1.807) is 6.42 Å². The van der Waals surface area contributed by atoms with Crippen molar-refractivity contribution in [2.24, 2.45) is 17.8 Å². The van der Waals surface area contributed by atoms with Crippen molar-refractivity contribution in [3.8, 4) is 0 Å². The molecule has 2 saturated carbocycles. The monoisotopic (exact) mass is 274 g/mol. The zero-order chi connectivity index (χ0) is 13.4. The van der Waals surface area contributed by atoms with Crippen LogP contribution in [0.3, 0.4) is 0 Å². The van der Waals surface area contributed by atoms with Gasteiger partial charge in [0.1, 0.15) is 0 Å². The van der Waals surface area contributed by atoms with Crippen LogP contribution in [0.1, 0.15) is 44.9 Å². The van der Waals surface area contributed by atoms with Crippen molar-refractivity contribution < 1.29 is 0 Å². The van der Waals surface area contributed by atoms with E-state index in [9.17, 15) is 0 Å². The molecule has 0 aromatic carbocycles. The fourth-order valence-corrected chi connectivity index (χ4v) is 5.32. The van der Waals surface area contributed by atoms with Crippen LogP contribution < -0.4 is 0 Å². The summed E-state index contributed by atoms with van der Waals surface area (Å²) in [5, 5.41) is 0. The van der Waals surface area contributed by atoms with Crippen molar-refractivity contribution in [1.82, 2.24) is 9.80 Å². The molecule has 1 saturated heterocycles. The quantitative estimate of drug-likeness (QED) is 0.730. The average Bonchev–Trinajstić information content (AvgIpc) is 3.12. The third-order valence-electron chi connectivity index (χ3n) is 6.47. The SMILES string of the molecule is C1=CC[C@H](CN2CCN([C@@H]3C[C@H]4CC[C@H]3C4)CC2)CC1. The molecule has 0 aromatic heterocycles. The first-order chi connectivity index (χ1) is 9.88. The lowest BCUT2D eigenvalue weighted by molar-refractivity contribution is 0.0631. The van der Waals surface area contributed by atoms with Crippen molar-refractivity contribution >= 4 is 0 Å². The highest BCUT2D eigenvalue weighted by atomic mass is 15.3. The molecule has 2 heteroatoms. The van der Waals surface area contributed by atoms with Crippen molar-refractivity contribution in [3.05, 3.63) is 12.2 Å². The van der Waals surface area contributed by atoms with Crippen molar-refractivity contribution in [1.29, 1.82) is 0 Å². The Hall–Kier alpha value is -0.340. The molecule has 1 heterocycles. The molecule has 0 unspecified atom stereocenters. The number of allylic oxidation sites excluding steroid dienone is 2. The maximum atomic E-state index is 2.85. The smallest absolute Gasteiger partial charge is 0.0127 e. The van der Waals surface area contributed by atoms with Crippen LogP contribution >= 0.6 is 0 Å². The van der Waals surface area contributed by atoms with E-state index in [1.807, 2.05) is 0 Å². The zero-order valence-electron chi connectivity index (χ0n) is 12.8. The normalized spacial score (nSPS) is 42.4. The van der Waals surface area contributed by atoms with Gasteiger partial charge < -0.3 is 4.90 Å². The number of fused-ring (bicyclic) bond motifs is 2. The van der Waals surface area contributed by atoms with E-state index in [4.69, 9.17) is 0 Å². The Morgan fingerprint density at radius 2 is 1.80 bits per heavy atom. The van der Waals surface area contributed by atoms with Crippen LogP contribution in [0.25, 0.3) is 0 Å². The Morgan fingerprint density at radius 3 is 2.45 bits per heavy atom. The first-order valence-electron chi connectivity index (χ1n) is 9.00. The van der Waals surface area contributed by atoms with Crippen molar-refractivity contribution in [2.75, 3.05) is 32.7 Å². The van der Waals surface area contributed by atoms with Crippen LogP contribution in [0.4, 0.5) is 0 Å². The largest absolute Gasteiger partial charge is 0.301 e. The van der Waals surface area contributed by atoms with Gasteiger partial charge >= 0.3 is 0 Å². The summed E-state index contributed by atoms with van der Waals surface area (Å²) in [5.41, 5.74) is 0. The van der Waals surface area contributed by atoms with Gasteiger partial charge in [0, 0.05) is 38.8 Å². The van der Waals surface area contributed by atoms with Crippen molar-refractivity contribution in [3.63, 3.8) is 0 Å². The van der Waals surface area contributed by atoms with E-state index in [1.165, 1.54) is 71.2 Å². The average molecular weight is 274 g/mol. The number of rotatable bonds is 3. The lowest BCUT2D eigenvalue weighted by Crippen LogP contribution is -2.52. The molecule has 3 aliphatic carbocycles. The molecule has 0 N–H and O–H groups in total. The molecule has 20 heavy (non-hydrogen) atoms. The third-order valence-corrected chi connectivity index (χ3v) is 6.47. The van der Waals surface area contributed by atoms with Crippen LogP contribution in [0.2, 0.25) is 0 Å². The van der Waals surface area contributed by atoms with Gasteiger partial charge in [-0.05, 0) is 56.3 Å². The predicted octanol–water partition coefficient (Wildman–Crippen LogP) is 3.15. The van der Waals surface area contributed by atoms with Gasteiger partial charge in [0.05, 0.1) is 0 Å². The molecule has 0 spiro atoms. The first kappa shape index (κ1) is 13.3. The number of piperazine rings is 1. The van der Waals surface area contributed by atoms with Gasteiger partial charge in [-0.25, -0.2) is 0 Å². The summed E-state index contributed by atoms with van der Waals surface area (Å²) in [4.78, 5) is 5.59. The summed E-state index contributed by atoms with van der Waals surface area (Å²) in [6.45, 7) is 6.70. The Labute approximate surface area is 124 Å². The second kappa shape index (κ2) is 5.81. The van der Waals surface area contributed by atoms with Gasteiger partial charge in [0.2, 0.25) is 0 Å². The van der Waals surface area contributed by atoms with Gasteiger partial charge in [-0.1, -0.05) is 18.6 Å². The molecule has 0 aromatic rings. The van der Waals surface area contributed by atoms with Crippen LogP contribution in [0.5, 0.6) is 0 Å². The van der Waals surface area contributed by atoms with Crippen LogP contribution in [0, 0.1) is 17.8 Å². The van der Waals surface area contributed by atoms with E-state index < -0.39 is 0 Å². The maximum absolute atomic E-state index is 2.85. The van der Waals surface area contributed by atoms with Crippen LogP contribution in [0.15, 0.2) is 12.2 Å². The standard InChI is InChI=1S/C18H30N2/c1-2-4-15(5-3-1)14-19-8-10-20(11-9-19)18-13-16-6-7-17(18)12-16/h1-2,15-18H,3-14H2/t15-,16-,17-,18+/m0/s1. The number of hydrogen-bond acceptors (Lipinski definition) is 2.